The van der Waals surface area contributed by atoms with E-state index in [2.05, 4.69) is 39.6 Å². The van der Waals surface area contributed by atoms with Gasteiger partial charge in [0.25, 0.3) is 0 Å². The van der Waals surface area contributed by atoms with E-state index in [1.165, 1.54) is 11.1 Å². The molecule has 1 aromatic heterocycles. The molecule has 0 saturated carbocycles. The van der Waals surface area contributed by atoms with Crippen LogP contribution in [0, 0.1) is 0 Å². The molecule has 0 unspecified atom stereocenters. The summed E-state index contributed by atoms with van der Waals surface area (Å²) in [4.78, 5) is 9.03. The highest BCUT2D eigenvalue weighted by Crippen LogP contribution is 2.33. The molecular weight excluding hydrogens is 270 g/mol. The Morgan fingerprint density at radius 2 is 1.73 bits per heavy atom. The van der Waals surface area contributed by atoms with Crippen LogP contribution in [0.15, 0.2) is 66.9 Å². The fourth-order valence-corrected chi connectivity index (χ4v) is 3.05. The summed E-state index contributed by atoms with van der Waals surface area (Å²) in [5, 5.41) is 3.56. The lowest BCUT2D eigenvalue weighted by Gasteiger charge is -2.15. The maximum absolute atomic E-state index is 4.66. The molecule has 1 N–H and O–H groups in total. The number of benzene rings is 2. The number of nitrogens with zero attached hydrogens (tertiary/aromatic N) is 2. The largest absolute Gasteiger partial charge is 0.363 e. The van der Waals surface area contributed by atoms with Crippen molar-refractivity contribution in [3.8, 4) is 11.4 Å². The summed E-state index contributed by atoms with van der Waals surface area (Å²) in [6.07, 6.45) is 4.06. The van der Waals surface area contributed by atoms with Crippen molar-refractivity contribution in [3.05, 3.63) is 78.0 Å². The van der Waals surface area contributed by atoms with Gasteiger partial charge in [0, 0.05) is 11.8 Å². The third kappa shape index (κ3) is 2.46. The molecule has 22 heavy (non-hydrogen) atoms. The van der Waals surface area contributed by atoms with E-state index >= 15 is 0 Å². The Labute approximate surface area is 130 Å². The Morgan fingerprint density at radius 3 is 2.64 bits per heavy atom. The molecule has 0 aliphatic heterocycles. The first-order valence-electron chi connectivity index (χ1n) is 7.63. The van der Waals surface area contributed by atoms with Crippen LogP contribution in [0.1, 0.15) is 23.6 Å². The zero-order valence-corrected chi connectivity index (χ0v) is 12.2. The third-order valence-electron chi connectivity index (χ3n) is 4.14. The lowest BCUT2D eigenvalue weighted by atomic mass is 10.1. The molecule has 3 nitrogen and oxygen atoms in total. The van der Waals surface area contributed by atoms with Crippen molar-refractivity contribution in [3.63, 3.8) is 0 Å². The van der Waals surface area contributed by atoms with Gasteiger partial charge in [0.15, 0.2) is 5.82 Å². The van der Waals surface area contributed by atoms with Crippen LogP contribution >= 0.6 is 0 Å². The highest BCUT2D eigenvalue weighted by molar-refractivity contribution is 5.57. The minimum absolute atomic E-state index is 0.342. The second-order valence-corrected chi connectivity index (χ2v) is 5.57. The molecule has 0 fully saturated rings. The number of fused-ring (bicyclic) bond motifs is 1. The van der Waals surface area contributed by atoms with Crippen LogP contribution < -0.4 is 5.32 Å². The average Bonchev–Trinajstić information content (AvgIpc) is 2.99. The van der Waals surface area contributed by atoms with E-state index in [0.29, 0.717) is 6.04 Å². The van der Waals surface area contributed by atoms with Gasteiger partial charge in [0.05, 0.1) is 6.04 Å². The van der Waals surface area contributed by atoms with Gasteiger partial charge in [-0.05, 0) is 30.0 Å². The molecule has 0 saturated heterocycles. The monoisotopic (exact) mass is 287 g/mol. The Bertz CT molecular complexity index is 783. The van der Waals surface area contributed by atoms with E-state index in [0.717, 1.165) is 30.0 Å². The van der Waals surface area contributed by atoms with Crippen molar-refractivity contribution in [2.75, 3.05) is 5.32 Å². The van der Waals surface area contributed by atoms with Gasteiger partial charge >= 0.3 is 0 Å². The first-order chi connectivity index (χ1) is 10.9. The lowest BCUT2D eigenvalue weighted by molar-refractivity contribution is 0.757. The quantitative estimate of drug-likeness (QED) is 0.783. The highest BCUT2D eigenvalue weighted by atomic mass is 15.0. The Kier molecular flexibility index (Phi) is 3.31. The molecule has 1 atom stereocenters. The minimum atomic E-state index is 0.342. The van der Waals surface area contributed by atoms with Gasteiger partial charge in [-0.1, -0.05) is 54.6 Å². The van der Waals surface area contributed by atoms with Gasteiger partial charge < -0.3 is 5.32 Å². The summed E-state index contributed by atoms with van der Waals surface area (Å²) in [6, 6.07) is 21.0. The Hall–Kier alpha value is -2.68. The standard InChI is InChI=1S/C19H17N3/c1-2-7-15(8-3-1)19-20-13-12-18(22-19)21-17-11-10-14-6-4-5-9-16(14)17/h1-9,12-13,17H,10-11H2,(H,20,21,22)/t17-/m1/s1. The molecule has 108 valence electrons. The highest BCUT2D eigenvalue weighted by Gasteiger charge is 2.21. The number of hydrogen-bond donors (Lipinski definition) is 1. The van der Waals surface area contributed by atoms with Crippen molar-refractivity contribution in [1.82, 2.24) is 9.97 Å². The number of aryl methyl sites for hydroxylation is 1. The van der Waals surface area contributed by atoms with Gasteiger partial charge in [-0.3, -0.25) is 0 Å². The van der Waals surface area contributed by atoms with E-state index in [-0.39, 0.29) is 0 Å². The van der Waals surface area contributed by atoms with E-state index in [1.807, 2.05) is 42.6 Å². The fourth-order valence-electron chi connectivity index (χ4n) is 3.05. The van der Waals surface area contributed by atoms with Gasteiger partial charge in [-0.15, -0.1) is 0 Å². The summed E-state index contributed by atoms with van der Waals surface area (Å²) >= 11 is 0. The summed E-state index contributed by atoms with van der Waals surface area (Å²) < 4.78 is 0. The molecular formula is C19H17N3. The first-order valence-corrected chi connectivity index (χ1v) is 7.63. The van der Waals surface area contributed by atoms with Gasteiger partial charge in [0.1, 0.15) is 5.82 Å². The van der Waals surface area contributed by atoms with E-state index in [1.54, 1.807) is 0 Å². The van der Waals surface area contributed by atoms with E-state index < -0.39 is 0 Å². The molecule has 2 aromatic carbocycles. The van der Waals surface area contributed by atoms with Crippen LogP contribution in [0.4, 0.5) is 5.82 Å². The number of hydrogen-bond acceptors (Lipinski definition) is 3. The van der Waals surface area contributed by atoms with Crippen LogP contribution in [0.3, 0.4) is 0 Å². The maximum atomic E-state index is 4.66. The van der Waals surface area contributed by atoms with Crippen molar-refractivity contribution < 1.29 is 0 Å². The molecule has 0 spiro atoms. The second kappa shape index (κ2) is 5.60. The molecule has 3 aromatic rings. The van der Waals surface area contributed by atoms with Crippen molar-refractivity contribution in [2.24, 2.45) is 0 Å². The molecule has 1 aliphatic carbocycles. The molecule has 4 rings (SSSR count). The summed E-state index contributed by atoms with van der Waals surface area (Å²) in [6.45, 7) is 0. The Morgan fingerprint density at radius 1 is 0.909 bits per heavy atom. The maximum Gasteiger partial charge on any atom is 0.161 e. The fraction of sp³-hybridized carbons (Fsp3) is 0.158. The smallest absolute Gasteiger partial charge is 0.161 e. The van der Waals surface area contributed by atoms with Crippen LogP contribution in [0.25, 0.3) is 11.4 Å². The van der Waals surface area contributed by atoms with Gasteiger partial charge in [-0.25, -0.2) is 9.97 Å². The Balaban J connectivity index is 1.60. The van der Waals surface area contributed by atoms with Gasteiger partial charge in [0.2, 0.25) is 0 Å². The second-order valence-electron chi connectivity index (χ2n) is 5.57. The van der Waals surface area contributed by atoms with E-state index in [9.17, 15) is 0 Å². The van der Waals surface area contributed by atoms with Crippen molar-refractivity contribution in [2.45, 2.75) is 18.9 Å². The lowest BCUT2D eigenvalue weighted by Crippen LogP contribution is -2.09. The normalized spacial score (nSPS) is 16.3. The van der Waals surface area contributed by atoms with Crippen LogP contribution in [-0.2, 0) is 6.42 Å². The van der Waals surface area contributed by atoms with Crippen molar-refractivity contribution >= 4 is 5.82 Å². The molecule has 0 bridgehead atoms. The predicted octanol–water partition coefficient (Wildman–Crippen LogP) is 4.24. The first kappa shape index (κ1) is 13.0. The van der Waals surface area contributed by atoms with Crippen LogP contribution in [0.5, 0.6) is 0 Å². The predicted molar refractivity (Wildman–Crippen MR) is 88.6 cm³/mol. The summed E-state index contributed by atoms with van der Waals surface area (Å²) in [5.74, 6) is 1.65. The average molecular weight is 287 g/mol. The van der Waals surface area contributed by atoms with Crippen LogP contribution in [-0.4, -0.2) is 9.97 Å². The third-order valence-corrected chi connectivity index (χ3v) is 4.14. The SMILES string of the molecule is c1ccc(-c2nccc(N[C@@H]3CCc4ccccc43)n2)cc1. The molecule has 0 radical (unpaired) electrons. The molecule has 0 amide bonds. The number of nitrogens with one attached hydrogen (secondary N) is 1. The zero-order chi connectivity index (χ0) is 14.8. The number of rotatable bonds is 3. The number of aromatic nitrogens is 2. The molecule has 1 aliphatic rings. The van der Waals surface area contributed by atoms with E-state index in [4.69, 9.17) is 0 Å². The zero-order valence-electron chi connectivity index (χ0n) is 12.2. The van der Waals surface area contributed by atoms with Crippen molar-refractivity contribution in [1.29, 1.82) is 0 Å². The topological polar surface area (TPSA) is 37.8 Å². The molecule has 1 heterocycles. The molecule has 3 heteroatoms. The minimum Gasteiger partial charge on any atom is -0.363 e. The summed E-state index contributed by atoms with van der Waals surface area (Å²) in [7, 11) is 0. The number of anilines is 1. The summed E-state index contributed by atoms with van der Waals surface area (Å²) in [5.41, 5.74) is 3.87. The van der Waals surface area contributed by atoms with Gasteiger partial charge in [-0.2, -0.15) is 0 Å². The van der Waals surface area contributed by atoms with Crippen LogP contribution in [0.2, 0.25) is 0 Å².